The summed E-state index contributed by atoms with van der Waals surface area (Å²) in [6.07, 6.45) is 3.14. The number of hydrogen-bond donors (Lipinski definition) is 1. The van der Waals surface area contributed by atoms with Gasteiger partial charge in [0.2, 0.25) is 10.0 Å². The molecule has 0 spiro atoms. The van der Waals surface area contributed by atoms with Crippen molar-refractivity contribution < 1.29 is 13.2 Å². The predicted molar refractivity (Wildman–Crippen MR) is 83.9 cm³/mol. The summed E-state index contributed by atoms with van der Waals surface area (Å²) in [6.45, 7) is 5.50. The molecule has 2 rings (SSSR count). The topological polar surface area (TPSA) is 66.5 Å². The lowest BCUT2D eigenvalue weighted by molar-refractivity contribution is 0.0696. The van der Waals surface area contributed by atoms with Crippen LogP contribution in [-0.2, 0) is 10.0 Å². The standard InChI is InChI=1S/C15H22N2O3S/c1-11-7-9-17(10-8-11)15(18)13-5-4-6-14(12(13)2)16-21(3,19)20/h4-6,11,16H,7-10H2,1-3H3. The largest absolute Gasteiger partial charge is 0.339 e. The van der Waals surface area contributed by atoms with Crippen molar-refractivity contribution >= 4 is 21.6 Å². The molecule has 0 bridgehead atoms. The molecule has 0 unspecified atom stereocenters. The van der Waals surface area contributed by atoms with Gasteiger partial charge in [0, 0.05) is 18.7 Å². The number of carbonyl (C=O) groups excluding carboxylic acids is 1. The maximum absolute atomic E-state index is 12.6. The predicted octanol–water partition coefficient (Wildman–Crippen LogP) is 2.24. The number of rotatable bonds is 3. The number of likely N-dealkylation sites (tertiary alicyclic amines) is 1. The molecule has 5 nitrogen and oxygen atoms in total. The van der Waals surface area contributed by atoms with E-state index in [1.807, 2.05) is 4.90 Å². The van der Waals surface area contributed by atoms with Crippen LogP contribution >= 0.6 is 0 Å². The number of piperidine rings is 1. The molecule has 0 aromatic heterocycles. The first-order valence-corrected chi connectivity index (χ1v) is 9.04. The van der Waals surface area contributed by atoms with Crippen LogP contribution in [0.1, 0.15) is 35.7 Å². The fourth-order valence-electron chi connectivity index (χ4n) is 2.56. The maximum atomic E-state index is 12.6. The summed E-state index contributed by atoms with van der Waals surface area (Å²) in [4.78, 5) is 14.4. The lowest BCUT2D eigenvalue weighted by Gasteiger charge is -2.31. The molecule has 1 aliphatic rings. The zero-order valence-electron chi connectivity index (χ0n) is 12.7. The molecular weight excluding hydrogens is 288 g/mol. The van der Waals surface area contributed by atoms with E-state index in [0.29, 0.717) is 22.7 Å². The third kappa shape index (κ3) is 3.97. The van der Waals surface area contributed by atoms with Gasteiger partial charge in [-0.05, 0) is 43.4 Å². The van der Waals surface area contributed by atoms with Crippen LogP contribution in [-0.4, -0.2) is 38.6 Å². The zero-order valence-corrected chi connectivity index (χ0v) is 13.5. The minimum Gasteiger partial charge on any atom is -0.339 e. The highest BCUT2D eigenvalue weighted by Crippen LogP contribution is 2.23. The number of amides is 1. The summed E-state index contributed by atoms with van der Waals surface area (Å²) in [7, 11) is -3.35. The summed E-state index contributed by atoms with van der Waals surface area (Å²) in [5, 5.41) is 0. The van der Waals surface area contributed by atoms with E-state index in [4.69, 9.17) is 0 Å². The van der Waals surface area contributed by atoms with Crippen molar-refractivity contribution in [1.29, 1.82) is 0 Å². The van der Waals surface area contributed by atoms with Crippen LogP contribution in [0.15, 0.2) is 18.2 Å². The minimum absolute atomic E-state index is 0.0171. The van der Waals surface area contributed by atoms with E-state index in [1.165, 1.54) is 0 Å². The van der Waals surface area contributed by atoms with Gasteiger partial charge in [-0.1, -0.05) is 13.0 Å². The van der Waals surface area contributed by atoms with Crippen molar-refractivity contribution in [3.05, 3.63) is 29.3 Å². The maximum Gasteiger partial charge on any atom is 0.254 e. The highest BCUT2D eigenvalue weighted by atomic mass is 32.2. The number of benzene rings is 1. The molecule has 1 aromatic carbocycles. The molecule has 21 heavy (non-hydrogen) atoms. The summed E-state index contributed by atoms with van der Waals surface area (Å²) in [6, 6.07) is 5.13. The van der Waals surface area contributed by atoms with Gasteiger partial charge in [0.1, 0.15) is 0 Å². The number of carbonyl (C=O) groups is 1. The third-order valence-electron chi connectivity index (χ3n) is 3.93. The van der Waals surface area contributed by atoms with Crippen molar-refractivity contribution in [1.82, 2.24) is 4.90 Å². The van der Waals surface area contributed by atoms with Crippen LogP contribution in [0.2, 0.25) is 0 Å². The molecule has 0 atom stereocenters. The van der Waals surface area contributed by atoms with Gasteiger partial charge in [0.05, 0.1) is 11.9 Å². The van der Waals surface area contributed by atoms with E-state index >= 15 is 0 Å². The van der Waals surface area contributed by atoms with Crippen molar-refractivity contribution in [3.8, 4) is 0 Å². The second-order valence-corrected chi connectivity index (χ2v) is 7.58. The molecule has 1 aromatic rings. The molecule has 1 aliphatic heterocycles. The van der Waals surface area contributed by atoms with Crippen LogP contribution in [0.3, 0.4) is 0 Å². The quantitative estimate of drug-likeness (QED) is 0.931. The Hall–Kier alpha value is -1.56. The molecule has 1 heterocycles. The number of hydrogen-bond acceptors (Lipinski definition) is 3. The van der Waals surface area contributed by atoms with Crippen LogP contribution < -0.4 is 4.72 Å². The van der Waals surface area contributed by atoms with Gasteiger partial charge in [0.25, 0.3) is 5.91 Å². The zero-order chi connectivity index (χ0) is 15.6. The first kappa shape index (κ1) is 15.8. The van der Waals surface area contributed by atoms with Crippen molar-refractivity contribution in [2.45, 2.75) is 26.7 Å². The number of nitrogens with zero attached hydrogens (tertiary/aromatic N) is 1. The van der Waals surface area contributed by atoms with Crippen LogP contribution in [0.5, 0.6) is 0 Å². The summed E-state index contributed by atoms with van der Waals surface area (Å²) in [5.74, 6) is 0.643. The number of anilines is 1. The lowest BCUT2D eigenvalue weighted by atomic mass is 9.98. The SMILES string of the molecule is Cc1c(NS(C)(=O)=O)cccc1C(=O)N1CCC(C)CC1. The molecule has 1 saturated heterocycles. The lowest BCUT2D eigenvalue weighted by Crippen LogP contribution is -2.38. The smallest absolute Gasteiger partial charge is 0.254 e. The average molecular weight is 310 g/mol. The van der Waals surface area contributed by atoms with Crippen molar-refractivity contribution in [3.63, 3.8) is 0 Å². The normalized spacial score (nSPS) is 16.8. The minimum atomic E-state index is -3.35. The molecule has 0 aliphatic carbocycles. The molecule has 0 radical (unpaired) electrons. The van der Waals surface area contributed by atoms with E-state index in [9.17, 15) is 13.2 Å². The van der Waals surface area contributed by atoms with E-state index < -0.39 is 10.0 Å². The fourth-order valence-corrected chi connectivity index (χ4v) is 3.18. The van der Waals surface area contributed by atoms with Gasteiger partial charge < -0.3 is 4.90 Å². The van der Waals surface area contributed by atoms with Crippen molar-refractivity contribution in [2.24, 2.45) is 5.92 Å². The van der Waals surface area contributed by atoms with Crippen LogP contribution in [0.25, 0.3) is 0 Å². The van der Waals surface area contributed by atoms with E-state index in [2.05, 4.69) is 11.6 Å². The second kappa shape index (κ2) is 6.05. The Morgan fingerprint density at radius 3 is 2.48 bits per heavy atom. The third-order valence-corrected chi connectivity index (χ3v) is 4.52. The van der Waals surface area contributed by atoms with Gasteiger partial charge in [0.15, 0.2) is 0 Å². The van der Waals surface area contributed by atoms with Gasteiger partial charge in [-0.2, -0.15) is 0 Å². The van der Waals surface area contributed by atoms with E-state index in [-0.39, 0.29) is 5.91 Å². The molecule has 1 amide bonds. The molecule has 1 fully saturated rings. The Bertz CT molecular complexity index is 632. The van der Waals surface area contributed by atoms with Crippen LogP contribution in [0, 0.1) is 12.8 Å². The Kier molecular flexibility index (Phi) is 4.56. The van der Waals surface area contributed by atoms with Gasteiger partial charge in [-0.25, -0.2) is 8.42 Å². The fraction of sp³-hybridized carbons (Fsp3) is 0.533. The average Bonchev–Trinajstić information content (AvgIpc) is 2.40. The summed E-state index contributed by atoms with van der Waals surface area (Å²) >= 11 is 0. The highest BCUT2D eigenvalue weighted by molar-refractivity contribution is 7.92. The summed E-state index contributed by atoms with van der Waals surface area (Å²) in [5.41, 5.74) is 1.71. The Labute approximate surface area is 126 Å². The first-order valence-electron chi connectivity index (χ1n) is 7.14. The first-order chi connectivity index (χ1) is 9.78. The Morgan fingerprint density at radius 1 is 1.29 bits per heavy atom. The van der Waals surface area contributed by atoms with Gasteiger partial charge >= 0.3 is 0 Å². The molecule has 0 saturated carbocycles. The van der Waals surface area contributed by atoms with Crippen molar-refractivity contribution in [2.75, 3.05) is 24.1 Å². The molecular formula is C15H22N2O3S. The highest BCUT2D eigenvalue weighted by Gasteiger charge is 2.23. The van der Waals surface area contributed by atoms with E-state index in [0.717, 1.165) is 32.2 Å². The molecule has 6 heteroatoms. The Balaban J connectivity index is 2.24. The molecule has 116 valence electrons. The second-order valence-electron chi connectivity index (χ2n) is 5.83. The summed E-state index contributed by atoms with van der Waals surface area (Å²) < 4.78 is 25.2. The number of sulfonamides is 1. The van der Waals surface area contributed by atoms with Crippen LogP contribution in [0.4, 0.5) is 5.69 Å². The number of nitrogens with one attached hydrogen (secondary N) is 1. The van der Waals surface area contributed by atoms with Gasteiger partial charge in [-0.3, -0.25) is 9.52 Å². The monoisotopic (exact) mass is 310 g/mol. The molecule has 1 N–H and O–H groups in total. The van der Waals surface area contributed by atoms with E-state index in [1.54, 1.807) is 25.1 Å². The Morgan fingerprint density at radius 2 is 1.90 bits per heavy atom. The van der Waals surface area contributed by atoms with Gasteiger partial charge in [-0.15, -0.1) is 0 Å².